The number of carbonyl (C=O) groups is 3. The zero-order chi connectivity index (χ0) is 15.4. The number of ether oxygens (including phenoxy) is 2. The van der Waals surface area contributed by atoms with E-state index in [1.807, 2.05) is 11.4 Å². The van der Waals surface area contributed by atoms with Crippen molar-refractivity contribution in [3.05, 3.63) is 21.9 Å². The van der Waals surface area contributed by atoms with Crippen LogP contribution in [0.15, 0.2) is 11.4 Å². The molecule has 1 atom stereocenters. The average Bonchev–Trinajstić information content (AvgIpc) is 3.20. The number of methoxy groups -OCH3 is 1. The molecule has 1 unspecified atom stereocenters. The summed E-state index contributed by atoms with van der Waals surface area (Å²) in [5.74, 6) is -1.13. The Bertz CT molecular complexity index is 549. The van der Waals surface area contributed by atoms with Crippen molar-refractivity contribution in [2.24, 2.45) is 0 Å². The molecule has 1 aliphatic carbocycles. The van der Waals surface area contributed by atoms with Gasteiger partial charge in [0.25, 0.3) is 5.91 Å². The quantitative estimate of drug-likeness (QED) is 0.804. The topological polar surface area (TPSA) is 81.7 Å². The summed E-state index contributed by atoms with van der Waals surface area (Å²) in [5, 5.41) is 4.20. The maximum Gasteiger partial charge on any atom is 0.349 e. The lowest BCUT2D eigenvalue weighted by Crippen LogP contribution is -2.38. The minimum Gasteiger partial charge on any atom is -0.468 e. The molecule has 0 spiro atoms. The summed E-state index contributed by atoms with van der Waals surface area (Å²) >= 11 is 1.32. The lowest BCUT2D eigenvalue weighted by atomic mass is 10.2. The van der Waals surface area contributed by atoms with Gasteiger partial charge in [-0.15, -0.1) is 11.3 Å². The Morgan fingerprint density at radius 2 is 2.14 bits per heavy atom. The number of carbonyl (C=O) groups excluding carboxylic acids is 3. The highest BCUT2D eigenvalue weighted by atomic mass is 32.1. The Labute approximate surface area is 126 Å². The van der Waals surface area contributed by atoms with Crippen molar-refractivity contribution in [1.29, 1.82) is 0 Å². The van der Waals surface area contributed by atoms with Crippen molar-refractivity contribution in [2.45, 2.75) is 31.8 Å². The number of esters is 2. The van der Waals surface area contributed by atoms with E-state index < -0.39 is 23.9 Å². The Kier molecular flexibility index (Phi) is 4.95. The van der Waals surface area contributed by atoms with Gasteiger partial charge in [-0.05, 0) is 42.7 Å². The molecule has 1 N–H and O–H groups in total. The molecule has 7 heteroatoms. The average molecular weight is 311 g/mol. The molecule has 0 aliphatic heterocycles. The fraction of sp³-hybridized carbons (Fsp3) is 0.500. The maximum atomic E-state index is 12.1. The number of hydrogen-bond donors (Lipinski definition) is 1. The van der Waals surface area contributed by atoms with E-state index >= 15 is 0 Å². The minimum atomic E-state index is -0.962. The second kappa shape index (κ2) is 6.71. The molecular weight excluding hydrogens is 294 g/mol. The molecule has 0 bridgehead atoms. The van der Waals surface area contributed by atoms with E-state index in [4.69, 9.17) is 4.74 Å². The molecule has 1 aliphatic rings. The van der Waals surface area contributed by atoms with E-state index in [0.29, 0.717) is 10.8 Å². The third kappa shape index (κ3) is 4.04. The second-order valence-electron chi connectivity index (χ2n) is 4.82. The van der Waals surface area contributed by atoms with Crippen LogP contribution < -0.4 is 5.32 Å². The highest BCUT2D eigenvalue weighted by Gasteiger charge is 2.30. The Morgan fingerprint density at radius 3 is 2.76 bits per heavy atom. The summed E-state index contributed by atoms with van der Waals surface area (Å²) in [6, 6.07) is 1.93. The van der Waals surface area contributed by atoms with Gasteiger partial charge in [0.2, 0.25) is 0 Å². The van der Waals surface area contributed by atoms with Gasteiger partial charge in [0.15, 0.2) is 6.10 Å². The van der Waals surface area contributed by atoms with E-state index in [2.05, 4.69) is 10.1 Å². The molecule has 2 rings (SSSR count). The third-order valence-corrected chi connectivity index (χ3v) is 4.10. The minimum absolute atomic E-state index is 0.246. The van der Waals surface area contributed by atoms with Gasteiger partial charge in [-0.3, -0.25) is 9.59 Å². The summed E-state index contributed by atoms with van der Waals surface area (Å²) in [5.41, 5.74) is 1.01. The van der Waals surface area contributed by atoms with Gasteiger partial charge < -0.3 is 14.8 Å². The molecule has 0 saturated heterocycles. The van der Waals surface area contributed by atoms with Crippen LogP contribution >= 0.6 is 11.3 Å². The number of nitrogens with one attached hydrogen (secondary N) is 1. The Morgan fingerprint density at radius 1 is 1.43 bits per heavy atom. The van der Waals surface area contributed by atoms with Crippen molar-refractivity contribution in [3.8, 4) is 0 Å². The SMILES string of the molecule is COC(=O)CNC(=O)C(C)OC(=O)c1sccc1C1CC1. The van der Waals surface area contributed by atoms with E-state index in [-0.39, 0.29) is 6.54 Å². The first-order valence-electron chi connectivity index (χ1n) is 6.65. The van der Waals surface area contributed by atoms with Crippen molar-refractivity contribution >= 4 is 29.2 Å². The van der Waals surface area contributed by atoms with Crippen LogP contribution in [0.3, 0.4) is 0 Å². The molecule has 1 heterocycles. The van der Waals surface area contributed by atoms with Crippen molar-refractivity contribution in [1.82, 2.24) is 5.32 Å². The highest BCUT2D eigenvalue weighted by molar-refractivity contribution is 7.12. The van der Waals surface area contributed by atoms with Crippen LogP contribution in [-0.4, -0.2) is 37.6 Å². The van der Waals surface area contributed by atoms with E-state index in [9.17, 15) is 14.4 Å². The molecule has 1 amide bonds. The molecule has 114 valence electrons. The molecule has 21 heavy (non-hydrogen) atoms. The molecular formula is C14H17NO5S. The van der Waals surface area contributed by atoms with Gasteiger partial charge in [0.1, 0.15) is 11.4 Å². The maximum absolute atomic E-state index is 12.1. The van der Waals surface area contributed by atoms with E-state index in [1.165, 1.54) is 25.4 Å². The van der Waals surface area contributed by atoms with E-state index in [1.54, 1.807) is 0 Å². The fourth-order valence-corrected chi connectivity index (χ4v) is 2.71. The van der Waals surface area contributed by atoms with Crippen molar-refractivity contribution < 1.29 is 23.9 Å². The number of rotatable bonds is 6. The van der Waals surface area contributed by atoms with Crippen LogP contribution in [0.4, 0.5) is 0 Å². The van der Waals surface area contributed by atoms with Crippen LogP contribution in [0.5, 0.6) is 0 Å². The van der Waals surface area contributed by atoms with Gasteiger partial charge in [-0.2, -0.15) is 0 Å². The third-order valence-electron chi connectivity index (χ3n) is 3.19. The van der Waals surface area contributed by atoms with Crippen LogP contribution in [0.1, 0.15) is 40.9 Å². The van der Waals surface area contributed by atoms with Crippen LogP contribution in [-0.2, 0) is 19.1 Å². The Balaban J connectivity index is 1.88. The first kappa shape index (κ1) is 15.5. The molecule has 1 aromatic rings. The summed E-state index contributed by atoms with van der Waals surface area (Å²) < 4.78 is 9.56. The molecule has 0 radical (unpaired) electrons. The lowest BCUT2D eigenvalue weighted by Gasteiger charge is -2.13. The second-order valence-corrected chi connectivity index (χ2v) is 5.74. The smallest absolute Gasteiger partial charge is 0.349 e. The standard InChI is InChI=1S/C14H17NO5S/c1-8(13(17)15-7-11(16)19-2)20-14(18)12-10(5-6-21-12)9-3-4-9/h5-6,8-9H,3-4,7H2,1-2H3,(H,15,17). The monoisotopic (exact) mass is 311 g/mol. The predicted molar refractivity (Wildman–Crippen MR) is 76.2 cm³/mol. The number of thiophene rings is 1. The van der Waals surface area contributed by atoms with Gasteiger partial charge >= 0.3 is 11.9 Å². The predicted octanol–water partition coefficient (Wildman–Crippen LogP) is 1.46. The van der Waals surface area contributed by atoms with Gasteiger partial charge in [0, 0.05) is 0 Å². The number of hydrogen-bond acceptors (Lipinski definition) is 6. The molecule has 6 nitrogen and oxygen atoms in total. The first-order valence-corrected chi connectivity index (χ1v) is 7.53. The summed E-state index contributed by atoms with van der Waals surface area (Å²) in [6.07, 6.45) is 1.22. The lowest BCUT2D eigenvalue weighted by molar-refractivity contribution is -0.142. The van der Waals surface area contributed by atoms with Crippen molar-refractivity contribution in [2.75, 3.05) is 13.7 Å². The molecule has 1 aromatic heterocycles. The summed E-state index contributed by atoms with van der Waals surface area (Å²) in [4.78, 5) is 35.3. The zero-order valence-corrected chi connectivity index (χ0v) is 12.7. The highest BCUT2D eigenvalue weighted by Crippen LogP contribution is 2.43. The summed E-state index contributed by atoms with van der Waals surface area (Å²) in [6.45, 7) is 1.22. The van der Waals surface area contributed by atoms with Gasteiger partial charge in [-0.25, -0.2) is 4.79 Å². The normalized spacial score (nSPS) is 15.1. The number of amides is 1. The largest absolute Gasteiger partial charge is 0.468 e. The van der Waals surface area contributed by atoms with Gasteiger partial charge in [0.05, 0.1) is 7.11 Å². The zero-order valence-electron chi connectivity index (χ0n) is 11.9. The van der Waals surface area contributed by atoms with Crippen LogP contribution in [0.2, 0.25) is 0 Å². The van der Waals surface area contributed by atoms with Crippen LogP contribution in [0, 0.1) is 0 Å². The van der Waals surface area contributed by atoms with E-state index in [0.717, 1.165) is 18.4 Å². The van der Waals surface area contributed by atoms with Crippen molar-refractivity contribution in [3.63, 3.8) is 0 Å². The van der Waals surface area contributed by atoms with Gasteiger partial charge in [-0.1, -0.05) is 0 Å². The van der Waals surface area contributed by atoms with Crippen LogP contribution in [0.25, 0.3) is 0 Å². The fourth-order valence-electron chi connectivity index (χ4n) is 1.84. The Hall–Kier alpha value is -1.89. The molecule has 1 saturated carbocycles. The molecule has 1 fully saturated rings. The first-order chi connectivity index (χ1) is 10.0. The molecule has 0 aromatic carbocycles. The summed E-state index contributed by atoms with van der Waals surface area (Å²) in [7, 11) is 1.23.